The summed E-state index contributed by atoms with van der Waals surface area (Å²) in [4.78, 5) is 0.138. The number of halogens is 1. The van der Waals surface area contributed by atoms with Crippen molar-refractivity contribution in [2.45, 2.75) is 0 Å². The van der Waals surface area contributed by atoms with Crippen molar-refractivity contribution in [2.24, 2.45) is 0 Å². The summed E-state index contributed by atoms with van der Waals surface area (Å²) in [6.07, 6.45) is 0. The van der Waals surface area contributed by atoms with Crippen molar-refractivity contribution in [3.05, 3.63) is 38.0 Å². The zero-order valence-electron chi connectivity index (χ0n) is 7.07. The van der Waals surface area contributed by atoms with Crippen molar-refractivity contribution >= 4 is 33.9 Å². The fourth-order valence-corrected chi connectivity index (χ4v) is 2.15. The Morgan fingerprint density at radius 1 is 1.29 bits per heavy atom. The van der Waals surface area contributed by atoms with Crippen LogP contribution in [0.5, 0.6) is 0 Å². The molecule has 2 aromatic rings. The summed E-state index contributed by atoms with van der Waals surface area (Å²) >= 11 is 3.43. The molecular formula is C9H7IN2OS. The minimum absolute atomic E-state index is 0.138. The molecule has 72 valence electrons. The first-order chi connectivity index (χ1) is 6.68. The molecule has 0 aliphatic rings. The molecule has 0 atom stereocenters. The molecule has 14 heavy (non-hydrogen) atoms. The molecule has 0 saturated heterocycles. The van der Waals surface area contributed by atoms with Gasteiger partial charge in [0.2, 0.25) is 4.80 Å². The van der Waals surface area contributed by atoms with Crippen LogP contribution in [-0.2, 0) is 0 Å². The average Bonchev–Trinajstić information content (AvgIpc) is 2.50. The fourth-order valence-electron chi connectivity index (χ4n) is 1.13. The lowest BCUT2D eigenvalue weighted by Crippen LogP contribution is -2.10. The molecule has 3 nitrogen and oxygen atoms in total. The Morgan fingerprint density at radius 3 is 2.43 bits per heavy atom. The van der Waals surface area contributed by atoms with Crippen molar-refractivity contribution in [3.63, 3.8) is 0 Å². The summed E-state index contributed by atoms with van der Waals surface area (Å²) in [5, 5.41) is 18.6. The van der Waals surface area contributed by atoms with Crippen LogP contribution in [0.3, 0.4) is 0 Å². The van der Waals surface area contributed by atoms with Crippen molar-refractivity contribution in [3.8, 4) is 11.3 Å². The molecule has 0 spiro atoms. The Kier molecular flexibility index (Phi) is 2.60. The van der Waals surface area contributed by atoms with E-state index >= 15 is 0 Å². The first-order valence-corrected chi connectivity index (χ1v) is 5.84. The molecule has 0 radical (unpaired) electrons. The zero-order valence-corrected chi connectivity index (χ0v) is 10.0. The fraction of sp³-hybridized carbons (Fsp3) is 0. The van der Waals surface area contributed by atoms with Gasteiger partial charge < -0.3 is 5.21 Å². The summed E-state index contributed by atoms with van der Waals surface area (Å²) < 4.78 is 2.05. The lowest BCUT2D eigenvalue weighted by Gasteiger charge is -2.00. The maximum atomic E-state index is 9.50. The second kappa shape index (κ2) is 3.74. The summed E-state index contributed by atoms with van der Waals surface area (Å²) in [7, 11) is 0. The maximum absolute atomic E-state index is 9.50. The van der Waals surface area contributed by atoms with Crippen molar-refractivity contribution in [1.82, 2.24) is 4.73 Å². The van der Waals surface area contributed by atoms with Crippen LogP contribution in [0.4, 0.5) is 0 Å². The third-order valence-electron chi connectivity index (χ3n) is 1.84. The highest BCUT2D eigenvalue weighted by Crippen LogP contribution is 2.19. The standard InChI is InChI=1S/C9H7IN2OS/c10-7-3-1-6(2-4-7)8-5-14-9(11)12(8)13/h1-5,11,13H. The van der Waals surface area contributed by atoms with E-state index in [0.717, 1.165) is 13.9 Å². The van der Waals surface area contributed by atoms with E-state index in [9.17, 15) is 5.21 Å². The number of hydrogen-bond donors (Lipinski definition) is 2. The summed E-state index contributed by atoms with van der Waals surface area (Å²) in [6, 6.07) is 7.79. The monoisotopic (exact) mass is 318 g/mol. The molecule has 0 amide bonds. The topological polar surface area (TPSA) is 49.0 Å². The Hall–Kier alpha value is -0.820. The quantitative estimate of drug-likeness (QED) is 0.616. The molecule has 0 unspecified atom stereocenters. The van der Waals surface area contributed by atoms with E-state index in [1.165, 1.54) is 11.3 Å². The van der Waals surface area contributed by atoms with E-state index in [4.69, 9.17) is 5.41 Å². The van der Waals surface area contributed by atoms with Crippen LogP contribution < -0.4 is 4.80 Å². The smallest absolute Gasteiger partial charge is 0.216 e. The first-order valence-electron chi connectivity index (χ1n) is 3.89. The second-order valence-electron chi connectivity index (χ2n) is 2.74. The maximum Gasteiger partial charge on any atom is 0.216 e. The third kappa shape index (κ3) is 1.69. The number of nitrogens with zero attached hydrogens (tertiary/aromatic N) is 1. The first kappa shape index (κ1) is 9.72. The van der Waals surface area contributed by atoms with Crippen LogP contribution >= 0.6 is 33.9 Å². The van der Waals surface area contributed by atoms with Crippen LogP contribution in [0, 0.1) is 8.98 Å². The highest BCUT2D eigenvalue weighted by atomic mass is 127. The van der Waals surface area contributed by atoms with Crippen LogP contribution in [0.2, 0.25) is 0 Å². The molecule has 0 saturated carbocycles. The molecular weight excluding hydrogens is 311 g/mol. The predicted octanol–water partition coefficient (Wildman–Crippen LogP) is 2.54. The minimum atomic E-state index is 0.138. The van der Waals surface area contributed by atoms with E-state index in [1.54, 1.807) is 5.38 Å². The van der Waals surface area contributed by atoms with Gasteiger partial charge in [-0.15, -0.1) is 11.3 Å². The van der Waals surface area contributed by atoms with Crippen LogP contribution in [-0.4, -0.2) is 9.94 Å². The van der Waals surface area contributed by atoms with Gasteiger partial charge >= 0.3 is 0 Å². The minimum Gasteiger partial charge on any atom is -0.426 e. The third-order valence-corrected chi connectivity index (χ3v) is 3.30. The Bertz CT molecular complexity index is 500. The van der Waals surface area contributed by atoms with Gasteiger partial charge in [-0.05, 0) is 34.7 Å². The van der Waals surface area contributed by atoms with Crippen LogP contribution in [0.15, 0.2) is 29.6 Å². The lowest BCUT2D eigenvalue weighted by molar-refractivity contribution is 0.181. The van der Waals surface area contributed by atoms with Gasteiger partial charge in [0.25, 0.3) is 0 Å². The summed E-state index contributed by atoms with van der Waals surface area (Å²) in [5.74, 6) is 0. The highest BCUT2D eigenvalue weighted by molar-refractivity contribution is 14.1. The van der Waals surface area contributed by atoms with E-state index < -0.39 is 0 Å². The predicted molar refractivity (Wildman–Crippen MR) is 63.5 cm³/mol. The number of aromatic nitrogens is 1. The number of nitrogens with one attached hydrogen (secondary N) is 1. The largest absolute Gasteiger partial charge is 0.426 e. The normalized spacial score (nSPS) is 10.4. The van der Waals surface area contributed by atoms with Gasteiger partial charge in [-0.3, -0.25) is 5.41 Å². The van der Waals surface area contributed by atoms with Gasteiger partial charge in [-0.25, -0.2) is 0 Å². The lowest BCUT2D eigenvalue weighted by atomic mass is 10.2. The van der Waals surface area contributed by atoms with E-state index in [2.05, 4.69) is 22.6 Å². The van der Waals surface area contributed by atoms with Gasteiger partial charge in [-0.2, -0.15) is 4.73 Å². The van der Waals surface area contributed by atoms with Crippen molar-refractivity contribution < 1.29 is 5.21 Å². The van der Waals surface area contributed by atoms with Crippen molar-refractivity contribution in [2.75, 3.05) is 0 Å². The number of hydrogen-bond acceptors (Lipinski definition) is 3. The van der Waals surface area contributed by atoms with Gasteiger partial charge in [0, 0.05) is 14.5 Å². The van der Waals surface area contributed by atoms with E-state index in [-0.39, 0.29) is 4.80 Å². The van der Waals surface area contributed by atoms with Crippen LogP contribution in [0.25, 0.3) is 11.3 Å². The SMILES string of the molecule is N=c1scc(-c2ccc(I)cc2)n1O. The molecule has 2 rings (SSSR count). The zero-order chi connectivity index (χ0) is 10.1. The molecule has 0 aliphatic heterocycles. The molecule has 2 N–H and O–H groups in total. The molecule has 1 aromatic carbocycles. The molecule has 0 aliphatic carbocycles. The summed E-state index contributed by atoms with van der Waals surface area (Å²) in [6.45, 7) is 0. The van der Waals surface area contributed by atoms with E-state index in [1.807, 2.05) is 24.3 Å². The second-order valence-corrected chi connectivity index (χ2v) is 4.85. The van der Waals surface area contributed by atoms with Gasteiger partial charge in [-0.1, -0.05) is 12.1 Å². The van der Waals surface area contributed by atoms with Gasteiger partial charge in [0.15, 0.2) is 0 Å². The Labute approximate surface area is 98.3 Å². The highest BCUT2D eigenvalue weighted by Gasteiger charge is 2.04. The molecule has 1 heterocycles. The average molecular weight is 318 g/mol. The Morgan fingerprint density at radius 2 is 1.93 bits per heavy atom. The number of thiazole rings is 1. The van der Waals surface area contributed by atoms with Gasteiger partial charge in [0.05, 0.1) is 0 Å². The van der Waals surface area contributed by atoms with E-state index in [0.29, 0.717) is 5.69 Å². The molecule has 5 heteroatoms. The summed E-state index contributed by atoms with van der Waals surface area (Å²) in [5.41, 5.74) is 1.58. The van der Waals surface area contributed by atoms with Gasteiger partial charge in [0.1, 0.15) is 5.69 Å². The molecule has 0 fully saturated rings. The Balaban J connectivity index is 2.55. The molecule has 1 aromatic heterocycles. The number of benzene rings is 1. The molecule has 0 bridgehead atoms. The number of rotatable bonds is 1. The van der Waals surface area contributed by atoms with Crippen LogP contribution in [0.1, 0.15) is 0 Å². The van der Waals surface area contributed by atoms with Crippen molar-refractivity contribution in [1.29, 1.82) is 5.41 Å².